The minimum Gasteiger partial charge on any atom is -0.480 e. The Kier molecular flexibility index (Phi) is 6.74. The standard InChI is InChI=1S/C28H26F3N5O6/c1-15-16(6-4-7-19(15)28(29,30)31)13-36-23(38)18(22(37)32-27(24(39)40)10-5-11-27)14-35(26(36)42)17-8-9-20-21(12-17)34(3)25(41)33(20)2/h4,6-9,12,14H,5,10-11,13H2,1-3H3,(H,32,37)(H,39,40). The number of carbonyl (C=O) groups excluding carboxylic acids is 1. The number of carbonyl (C=O) groups is 2. The fraction of sp³-hybridized carbons (Fsp3) is 0.321. The van der Waals surface area contributed by atoms with E-state index in [9.17, 15) is 42.3 Å². The third-order valence-corrected chi connectivity index (χ3v) is 8.00. The molecule has 2 N–H and O–H groups in total. The predicted octanol–water partition coefficient (Wildman–Crippen LogP) is 2.30. The van der Waals surface area contributed by atoms with Crippen LogP contribution in [0.1, 0.15) is 46.3 Å². The van der Waals surface area contributed by atoms with Gasteiger partial charge in [-0.05, 0) is 61.6 Å². The lowest BCUT2D eigenvalue weighted by Crippen LogP contribution is -2.60. The van der Waals surface area contributed by atoms with Gasteiger partial charge in [-0.15, -0.1) is 0 Å². The van der Waals surface area contributed by atoms with E-state index in [1.807, 2.05) is 0 Å². The Labute approximate surface area is 235 Å². The second kappa shape index (κ2) is 9.89. The highest BCUT2D eigenvalue weighted by molar-refractivity contribution is 5.97. The summed E-state index contributed by atoms with van der Waals surface area (Å²) in [7, 11) is 3.09. The van der Waals surface area contributed by atoms with Gasteiger partial charge in [0.2, 0.25) is 0 Å². The van der Waals surface area contributed by atoms with Gasteiger partial charge in [0.25, 0.3) is 11.5 Å². The van der Waals surface area contributed by atoms with Gasteiger partial charge in [-0.2, -0.15) is 13.2 Å². The van der Waals surface area contributed by atoms with Crippen molar-refractivity contribution >= 4 is 22.9 Å². The number of nitrogens with zero attached hydrogens (tertiary/aromatic N) is 4. The van der Waals surface area contributed by atoms with E-state index in [1.54, 1.807) is 13.1 Å². The van der Waals surface area contributed by atoms with Gasteiger partial charge >= 0.3 is 23.5 Å². The molecule has 42 heavy (non-hydrogen) atoms. The summed E-state index contributed by atoms with van der Waals surface area (Å²) in [6, 6.07) is 7.93. The van der Waals surface area contributed by atoms with Crippen LogP contribution in [-0.4, -0.2) is 40.8 Å². The fourth-order valence-electron chi connectivity index (χ4n) is 5.27. The molecule has 2 heterocycles. The SMILES string of the molecule is Cc1c(Cn2c(=O)c(C(=O)NC3(C(=O)O)CCC3)cn(-c3ccc4c(c3)n(C)c(=O)n4C)c2=O)cccc1C(F)(F)F. The van der Waals surface area contributed by atoms with Crippen molar-refractivity contribution in [2.24, 2.45) is 14.1 Å². The molecule has 0 unspecified atom stereocenters. The number of carboxylic acids is 1. The molecule has 1 aliphatic carbocycles. The molecule has 0 atom stereocenters. The van der Waals surface area contributed by atoms with Crippen molar-refractivity contribution in [3.05, 3.63) is 96.2 Å². The minimum atomic E-state index is -4.68. The quantitative estimate of drug-likeness (QED) is 0.356. The Morgan fingerprint density at radius 1 is 1.00 bits per heavy atom. The predicted molar refractivity (Wildman–Crippen MR) is 145 cm³/mol. The summed E-state index contributed by atoms with van der Waals surface area (Å²) in [6.07, 6.45) is -2.87. The molecular formula is C28H26F3N5O6. The molecule has 1 amide bonds. The third-order valence-electron chi connectivity index (χ3n) is 8.00. The molecule has 1 fully saturated rings. The number of fused-ring (bicyclic) bond motifs is 1. The molecule has 11 nitrogen and oxygen atoms in total. The Bertz CT molecular complexity index is 1960. The van der Waals surface area contributed by atoms with Crippen LogP contribution < -0.4 is 22.3 Å². The van der Waals surface area contributed by atoms with Crippen LogP contribution in [0.25, 0.3) is 16.7 Å². The number of halogens is 3. The van der Waals surface area contributed by atoms with Crippen LogP contribution in [0.4, 0.5) is 13.2 Å². The van der Waals surface area contributed by atoms with Gasteiger partial charge in [-0.1, -0.05) is 12.1 Å². The highest BCUT2D eigenvalue weighted by Gasteiger charge is 2.46. The van der Waals surface area contributed by atoms with E-state index in [0.29, 0.717) is 22.0 Å². The molecule has 0 saturated heterocycles. The lowest BCUT2D eigenvalue weighted by atomic mass is 9.76. The Morgan fingerprint density at radius 2 is 1.67 bits per heavy atom. The minimum absolute atomic E-state index is 0.0232. The second-order valence-electron chi connectivity index (χ2n) is 10.4. The van der Waals surface area contributed by atoms with Crippen LogP contribution in [-0.2, 0) is 31.6 Å². The molecule has 1 saturated carbocycles. The molecule has 5 rings (SSSR count). The van der Waals surface area contributed by atoms with Gasteiger partial charge in [-0.25, -0.2) is 14.4 Å². The molecule has 2 aromatic carbocycles. The second-order valence-corrected chi connectivity index (χ2v) is 10.4. The average Bonchev–Trinajstić information content (AvgIpc) is 3.11. The number of alkyl halides is 3. The molecule has 220 valence electrons. The van der Waals surface area contributed by atoms with Crippen molar-refractivity contribution in [1.29, 1.82) is 0 Å². The summed E-state index contributed by atoms with van der Waals surface area (Å²) in [6.45, 7) is 0.625. The van der Waals surface area contributed by atoms with Gasteiger partial charge in [0.05, 0.1) is 28.8 Å². The molecule has 0 aliphatic heterocycles. The zero-order chi connectivity index (χ0) is 30.7. The number of amides is 1. The van der Waals surface area contributed by atoms with E-state index in [1.165, 1.54) is 41.3 Å². The number of benzene rings is 2. The highest BCUT2D eigenvalue weighted by atomic mass is 19.4. The number of imidazole rings is 1. The summed E-state index contributed by atoms with van der Waals surface area (Å²) in [5.41, 5.74) is -4.51. The number of rotatable bonds is 6. The molecule has 2 aromatic heterocycles. The topological polar surface area (TPSA) is 137 Å². The Hall–Kier alpha value is -4.88. The van der Waals surface area contributed by atoms with Crippen molar-refractivity contribution < 1.29 is 27.9 Å². The van der Waals surface area contributed by atoms with Crippen LogP contribution >= 0.6 is 0 Å². The zero-order valence-electron chi connectivity index (χ0n) is 22.8. The number of hydrogen-bond acceptors (Lipinski definition) is 5. The van der Waals surface area contributed by atoms with Gasteiger partial charge in [0.1, 0.15) is 11.1 Å². The molecule has 4 aromatic rings. The molecule has 0 radical (unpaired) electrons. The van der Waals surface area contributed by atoms with Crippen LogP contribution in [0.5, 0.6) is 0 Å². The van der Waals surface area contributed by atoms with E-state index in [2.05, 4.69) is 5.32 Å². The largest absolute Gasteiger partial charge is 0.480 e. The zero-order valence-corrected chi connectivity index (χ0v) is 22.8. The van der Waals surface area contributed by atoms with E-state index >= 15 is 0 Å². The average molecular weight is 586 g/mol. The lowest BCUT2D eigenvalue weighted by Gasteiger charge is -2.38. The number of hydrogen-bond donors (Lipinski definition) is 2. The van der Waals surface area contributed by atoms with E-state index in [-0.39, 0.29) is 35.3 Å². The first-order valence-electron chi connectivity index (χ1n) is 12.9. The smallest absolute Gasteiger partial charge is 0.416 e. The van der Waals surface area contributed by atoms with Gasteiger partial charge in [0.15, 0.2) is 0 Å². The van der Waals surface area contributed by atoms with Gasteiger partial charge < -0.3 is 10.4 Å². The van der Waals surface area contributed by atoms with Crippen molar-refractivity contribution in [3.8, 4) is 5.69 Å². The first kappa shape index (κ1) is 28.6. The maximum absolute atomic E-state index is 13.7. The summed E-state index contributed by atoms with van der Waals surface area (Å²) < 4.78 is 45.1. The first-order chi connectivity index (χ1) is 19.7. The van der Waals surface area contributed by atoms with Crippen LogP contribution in [0.15, 0.2) is 57.0 Å². The first-order valence-corrected chi connectivity index (χ1v) is 12.9. The molecule has 0 spiro atoms. The van der Waals surface area contributed by atoms with Crippen molar-refractivity contribution in [2.75, 3.05) is 0 Å². The fourth-order valence-corrected chi connectivity index (χ4v) is 5.27. The number of carboxylic acid groups (broad SMARTS) is 1. The Balaban J connectivity index is 1.72. The third kappa shape index (κ3) is 4.52. The maximum atomic E-state index is 13.7. The highest BCUT2D eigenvalue weighted by Crippen LogP contribution is 2.33. The number of aliphatic carboxylic acids is 1. The van der Waals surface area contributed by atoms with E-state index < -0.39 is 52.5 Å². The molecular weight excluding hydrogens is 559 g/mol. The molecule has 0 bridgehead atoms. The summed E-state index contributed by atoms with van der Waals surface area (Å²) in [4.78, 5) is 64.9. The lowest BCUT2D eigenvalue weighted by molar-refractivity contribution is -0.148. The van der Waals surface area contributed by atoms with Crippen LogP contribution in [0.2, 0.25) is 0 Å². The van der Waals surface area contributed by atoms with Crippen LogP contribution in [0.3, 0.4) is 0 Å². The van der Waals surface area contributed by atoms with Crippen LogP contribution in [0, 0.1) is 6.92 Å². The molecule has 14 heteroatoms. The maximum Gasteiger partial charge on any atom is 0.416 e. The number of aromatic nitrogens is 4. The summed E-state index contributed by atoms with van der Waals surface area (Å²) in [5.74, 6) is -2.32. The van der Waals surface area contributed by atoms with Gasteiger partial charge in [-0.3, -0.25) is 27.9 Å². The monoisotopic (exact) mass is 585 g/mol. The summed E-state index contributed by atoms with van der Waals surface area (Å²) >= 11 is 0. The van der Waals surface area contributed by atoms with E-state index in [0.717, 1.165) is 22.9 Å². The summed E-state index contributed by atoms with van der Waals surface area (Å²) in [5, 5.41) is 12.1. The molecule has 1 aliphatic rings. The van der Waals surface area contributed by atoms with Crippen molar-refractivity contribution in [2.45, 2.75) is 44.4 Å². The Morgan fingerprint density at radius 3 is 2.26 bits per heavy atom. The number of nitrogens with one attached hydrogen (secondary N) is 1. The van der Waals surface area contributed by atoms with Crippen molar-refractivity contribution in [1.82, 2.24) is 23.6 Å². The number of aryl methyl sites for hydroxylation is 2. The normalized spacial score (nSPS) is 14.5. The van der Waals surface area contributed by atoms with Crippen molar-refractivity contribution in [3.63, 3.8) is 0 Å². The van der Waals surface area contributed by atoms with E-state index in [4.69, 9.17) is 0 Å². The van der Waals surface area contributed by atoms with Gasteiger partial charge in [0, 0.05) is 20.3 Å².